The van der Waals surface area contributed by atoms with Crippen LogP contribution in [0.25, 0.3) is 11.6 Å². The molecule has 1 amide bonds. The number of hydrogen-bond acceptors (Lipinski definition) is 2. The molecule has 20 heavy (non-hydrogen) atoms. The first kappa shape index (κ1) is 12.7. The molecule has 2 aromatic heterocycles. The van der Waals surface area contributed by atoms with Crippen LogP contribution in [0.5, 0.6) is 0 Å². The van der Waals surface area contributed by atoms with Crippen molar-refractivity contribution in [3.05, 3.63) is 46.9 Å². The lowest BCUT2D eigenvalue weighted by molar-refractivity contribution is -0.110. The van der Waals surface area contributed by atoms with Crippen LogP contribution in [-0.4, -0.2) is 15.9 Å². The number of fused-ring (bicyclic) bond motifs is 1. The van der Waals surface area contributed by atoms with Crippen LogP contribution >= 0.6 is 0 Å². The van der Waals surface area contributed by atoms with Crippen LogP contribution < -0.4 is 5.32 Å². The van der Waals surface area contributed by atoms with Gasteiger partial charge in [-0.05, 0) is 42.7 Å². The number of rotatable bonds is 3. The van der Waals surface area contributed by atoms with Crippen molar-refractivity contribution >= 4 is 23.4 Å². The Hall–Kier alpha value is -2.36. The lowest BCUT2D eigenvalue weighted by Crippen LogP contribution is -2.04. The van der Waals surface area contributed by atoms with Gasteiger partial charge >= 0.3 is 0 Å². The summed E-state index contributed by atoms with van der Waals surface area (Å²) in [5, 5.41) is 2.79. The van der Waals surface area contributed by atoms with E-state index in [9.17, 15) is 4.79 Å². The largest absolute Gasteiger partial charge is 0.359 e. The summed E-state index contributed by atoms with van der Waals surface area (Å²) in [6, 6.07) is 5.94. The summed E-state index contributed by atoms with van der Waals surface area (Å²) >= 11 is 0. The number of aromatic nitrogens is 2. The maximum absolute atomic E-state index is 12.1. The van der Waals surface area contributed by atoms with Gasteiger partial charge in [-0.15, -0.1) is 0 Å². The number of hydrogen-bond donors (Lipinski definition) is 2. The van der Waals surface area contributed by atoms with E-state index in [0.29, 0.717) is 11.4 Å². The normalized spacial score (nSPS) is 15.5. The number of anilines is 1. The molecule has 0 radical (unpaired) electrons. The molecule has 3 heterocycles. The van der Waals surface area contributed by atoms with Crippen LogP contribution in [0.2, 0.25) is 0 Å². The van der Waals surface area contributed by atoms with Crippen molar-refractivity contribution in [2.45, 2.75) is 26.7 Å². The minimum atomic E-state index is -0.0894. The Labute approximate surface area is 117 Å². The number of aromatic amines is 1. The number of carbonyl (C=O) groups excluding carboxylic acids is 1. The average molecular weight is 267 g/mol. The highest BCUT2D eigenvalue weighted by molar-refractivity contribution is 6.34. The van der Waals surface area contributed by atoms with Crippen LogP contribution in [0.15, 0.2) is 24.4 Å². The predicted molar refractivity (Wildman–Crippen MR) is 80.3 cm³/mol. The van der Waals surface area contributed by atoms with Gasteiger partial charge in [-0.25, -0.2) is 4.98 Å². The van der Waals surface area contributed by atoms with Crippen molar-refractivity contribution in [1.82, 2.24) is 9.97 Å². The van der Waals surface area contributed by atoms with E-state index in [-0.39, 0.29) is 5.91 Å². The van der Waals surface area contributed by atoms with Gasteiger partial charge in [-0.2, -0.15) is 0 Å². The molecule has 2 aromatic rings. The summed E-state index contributed by atoms with van der Waals surface area (Å²) in [5.74, 6) is 0.553. The Balaban J connectivity index is 2.08. The molecule has 2 N–H and O–H groups in total. The molecule has 0 saturated heterocycles. The first-order valence-corrected chi connectivity index (χ1v) is 6.92. The minimum absolute atomic E-state index is 0.0894. The molecule has 0 aliphatic carbocycles. The van der Waals surface area contributed by atoms with E-state index in [1.807, 2.05) is 18.2 Å². The topological polar surface area (TPSA) is 57.8 Å². The van der Waals surface area contributed by atoms with Gasteiger partial charge in [-0.3, -0.25) is 4.79 Å². The van der Waals surface area contributed by atoms with E-state index in [4.69, 9.17) is 0 Å². The van der Waals surface area contributed by atoms with E-state index >= 15 is 0 Å². The fourth-order valence-electron chi connectivity index (χ4n) is 2.50. The summed E-state index contributed by atoms with van der Waals surface area (Å²) in [7, 11) is 0. The number of nitrogens with one attached hydrogen (secondary N) is 2. The average Bonchev–Trinajstić information content (AvgIpc) is 3.01. The smallest absolute Gasteiger partial charge is 0.257 e. The number of carbonyl (C=O) groups is 1. The summed E-state index contributed by atoms with van der Waals surface area (Å²) < 4.78 is 0. The van der Waals surface area contributed by atoms with Crippen molar-refractivity contribution in [3.63, 3.8) is 0 Å². The van der Waals surface area contributed by atoms with Crippen LogP contribution in [0.4, 0.5) is 5.82 Å². The summed E-state index contributed by atoms with van der Waals surface area (Å²) in [6.45, 7) is 4.23. The molecule has 0 spiro atoms. The third-order valence-electron chi connectivity index (χ3n) is 3.61. The highest BCUT2D eigenvalue weighted by Crippen LogP contribution is 2.31. The van der Waals surface area contributed by atoms with Gasteiger partial charge in [0, 0.05) is 23.1 Å². The molecule has 0 aromatic carbocycles. The summed E-state index contributed by atoms with van der Waals surface area (Å²) in [6.07, 6.45) is 5.52. The Kier molecular flexibility index (Phi) is 3.14. The van der Waals surface area contributed by atoms with Crippen LogP contribution in [0.3, 0.4) is 0 Å². The zero-order valence-corrected chi connectivity index (χ0v) is 11.7. The third kappa shape index (κ3) is 2.03. The Bertz CT molecular complexity index is 697. The number of pyridine rings is 1. The first-order chi connectivity index (χ1) is 9.72. The Morgan fingerprint density at radius 1 is 1.30 bits per heavy atom. The summed E-state index contributed by atoms with van der Waals surface area (Å²) in [4.78, 5) is 19.6. The SMILES string of the molecule is CCc1cc(CC)c(C=C2C(=O)Nc3ncccc32)[nH]1. The van der Waals surface area contributed by atoms with Crippen molar-refractivity contribution in [1.29, 1.82) is 0 Å². The highest BCUT2D eigenvalue weighted by Gasteiger charge is 2.25. The van der Waals surface area contributed by atoms with Gasteiger partial charge in [-0.1, -0.05) is 13.8 Å². The van der Waals surface area contributed by atoms with Crippen molar-refractivity contribution in [2.75, 3.05) is 5.32 Å². The van der Waals surface area contributed by atoms with E-state index in [1.165, 1.54) is 11.3 Å². The second kappa shape index (κ2) is 4.96. The zero-order chi connectivity index (χ0) is 14.1. The molecule has 4 heteroatoms. The number of amides is 1. The molecular weight excluding hydrogens is 250 g/mol. The monoisotopic (exact) mass is 267 g/mol. The Morgan fingerprint density at radius 3 is 2.90 bits per heavy atom. The third-order valence-corrected chi connectivity index (χ3v) is 3.61. The zero-order valence-electron chi connectivity index (χ0n) is 11.7. The van der Waals surface area contributed by atoms with Gasteiger partial charge < -0.3 is 10.3 Å². The molecule has 0 bridgehead atoms. The molecule has 0 atom stereocenters. The quantitative estimate of drug-likeness (QED) is 0.840. The molecule has 102 valence electrons. The van der Waals surface area contributed by atoms with E-state index in [2.05, 4.69) is 35.2 Å². The fraction of sp³-hybridized carbons (Fsp3) is 0.250. The first-order valence-electron chi connectivity index (χ1n) is 6.92. The highest BCUT2D eigenvalue weighted by atomic mass is 16.2. The summed E-state index contributed by atoms with van der Waals surface area (Å²) in [5.41, 5.74) is 4.99. The van der Waals surface area contributed by atoms with Crippen LogP contribution in [0.1, 0.15) is 36.4 Å². The molecule has 0 unspecified atom stereocenters. The van der Waals surface area contributed by atoms with Gasteiger partial charge in [0.25, 0.3) is 5.91 Å². The van der Waals surface area contributed by atoms with Gasteiger partial charge in [0.2, 0.25) is 0 Å². The molecule has 0 saturated carbocycles. The van der Waals surface area contributed by atoms with Crippen LogP contribution in [0, 0.1) is 0 Å². The minimum Gasteiger partial charge on any atom is -0.359 e. The standard InChI is InChI=1S/C16H17N3O/c1-3-10-8-11(4-2)18-14(10)9-13-12-6-5-7-17-15(12)19-16(13)20/h5-9,18H,3-4H2,1-2H3,(H,17,19,20). The van der Waals surface area contributed by atoms with Crippen molar-refractivity contribution < 1.29 is 4.79 Å². The van der Waals surface area contributed by atoms with Crippen LogP contribution in [-0.2, 0) is 17.6 Å². The molecular formula is C16H17N3O. The molecule has 1 aliphatic heterocycles. The van der Waals surface area contributed by atoms with Gasteiger partial charge in [0.05, 0.1) is 5.57 Å². The molecule has 4 nitrogen and oxygen atoms in total. The molecule has 3 rings (SSSR count). The molecule has 0 fully saturated rings. The van der Waals surface area contributed by atoms with Gasteiger partial charge in [0.15, 0.2) is 0 Å². The second-order valence-electron chi connectivity index (χ2n) is 4.85. The maximum Gasteiger partial charge on any atom is 0.257 e. The lowest BCUT2D eigenvalue weighted by Gasteiger charge is -1.98. The van der Waals surface area contributed by atoms with E-state index in [0.717, 1.165) is 24.1 Å². The van der Waals surface area contributed by atoms with Crippen molar-refractivity contribution in [3.8, 4) is 0 Å². The predicted octanol–water partition coefficient (Wildman–Crippen LogP) is 3.03. The van der Waals surface area contributed by atoms with E-state index < -0.39 is 0 Å². The van der Waals surface area contributed by atoms with Gasteiger partial charge in [0.1, 0.15) is 5.82 Å². The number of H-pyrrole nitrogens is 1. The number of nitrogens with zero attached hydrogens (tertiary/aromatic N) is 1. The fourth-order valence-corrected chi connectivity index (χ4v) is 2.50. The molecule has 1 aliphatic rings. The Morgan fingerprint density at radius 2 is 2.15 bits per heavy atom. The second-order valence-corrected chi connectivity index (χ2v) is 4.85. The van der Waals surface area contributed by atoms with Crippen molar-refractivity contribution in [2.24, 2.45) is 0 Å². The number of aryl methyl sites for hydroxylation is 2. The van der Waals surface area contributed by atoms with E-state index in [1.54, 1.807) is 6.20 Å². The lowest BCUT2D eigenvalue weighted by atomic mass is 10.1. The maximum atomic E-state index is 12.1.